The van der Waals surface area contributed by atoms with Crippen LogP contribution in [0.15, 0.2) is 54.6 Å². The Morgan fingerprint density at radius 2 is 1.67 bits per heavy atom. The van der Waals surface area contributed by atoms with Crippen LogP contribution in [0.2, 0.25) is 0 Å². The summed E-state index contributed by atoms with van der Waals surface area (Å²) in [4.78, 5) is 14.9. The van der Waals surface area contributed by atoms with Crippen molar-refractivity contribution in [3.63, 3.8) is 0 Å². The van der Waals surface area contributed by atoms with E-state index < -0.39 is 0 Å². The molecule has 5 heteroatoms. The summed E-state index contributed by atoms with van der Waals surface area (Å²) in [6.07, 6.45) is 0. The lowest BCUT2D eigenvalue weighted by molar-refractivity contribution is -0.126. The van der Waals surface area contributed by atoms with Crippen molar-refractivity contribution in [3.05, 3.63) is 60.2 Å². The molecular weight excluding hydrogens is 338 g/mol. The Bertz CT molecular complexity index is 714. The quantitative estimate of drug-likeness (QED) is 0.774. The smallest absolute Gasteiger partial charge is 0.237 e. The van der Waals surface area contributed by atoms with Gasteiger partial charge in [0, 0.05) is 17.2 Å². The maximum absolute atomic E-state index is 13.0. The predicted molar refractivity (Wildman–Crippen MR) is 102 cm³/mol. The molecule has 2 aromatic rings. The lowest BCUT2D eigenvalue weighted by atomic mass is 9.82. The summed E-state index contributed by atoms with van der Waals surface area (Å²) < 4.78 is 5.67. The number of methoxy groups -OCH3 is 1. The van der Waals surface area contributed by atoms with E-state index in [1.165, 1.54) is 0 Å². The third-order valence-corrected chi connectivity index (χ3v) is 7.75. The van der Waals surface area contributed by atoms with E-state index in [1.54, 1.807) is 7.11 Å². The fourth-order valence-corrected chi connectivity index (χ4v) is 6.55. The number of ether oxygens (including phenoxy) is 1. The first kappa shape index (κ1) is 15.9. The van der Waals surface area contributed by atoms with Crippen LogP contribution in [0.4, 0.5) is 5.69 Å². The number of nitrogens with zero attached hydrogens (tertiary/aromatic N) is 1. The molecule has 0 aliphatic carbocycles. The summed E-state index contributed by atoms with van der Waals surface area (Å²) in [5.74, 6) is 3.31. The summed E-state index contributed by atoms with van der Waals surface area (Å²) >= 11 is 3.95. The first-order valence-corrected chi connectivity index (χ1v) is 10.1. The van der Waals surface area contributed by atoms with Crippen molar-refractivity contribution >= 4 is 35.1 Å². The summed E-state index contributed by atoms with van der Waals surface area (Å²) in [7, 11) is 1.66. The Balaban J connectivity index is 1.66. The van der Waals surface area contributed by atoms with Gasteiger partial charge in [0.05, 0.1) is 23.7 Å². The SMILES string of the molecule is COc1ccc(N2C(=O)[C@H](c3ccccc3)[C@@H]2C2SCCS2)cc1. The number of anilines is 1. The highest BCUT2D eigenvalue weighted by molar-refractivity contribution is 8.20. The van der Waals surface area contributed by atoms with Gasteiger partial charge in [-0.25, -0.2) is 0 Å². The molecule has 0 unspecified atom stereocenters. The number of carbonyl (C=O) groups excluding carboxylic acids is 1. The maximum Gasteiger partial charge on any atom is 0.237 e. The van der Waals surface area contributed by atoms with Crippen molar-refractivity contribution in [1.29, 1.82) is 0 Å². The van der Waals surface area contributed by atoms with E-state index in [4.69, 9.17) is 4.74 Å². The van der Waals surface area contributed by atoms with Crippen molar-refractivity contribution in [1.82, 2.24) is 0 Å². The van der Waals surface area contributed by atoms with Gasteiger partial charge in [-0.2, -0.15) is 0 Å². The zero-order chi connectivity index (χ0) is 16.5. The van der Waals surface area contributed by atoms with Gasteiger partial charge in [-0.1, -0.05) is 30.3 Å². The molecule has 0 radical (unpaired) electrons. The van der Waals surface area contributed by atoms with Gasteiger partial charge < -0.3 is 9.64 Å². The zero-order valence-corrected chi connectivity index (χ0v) is 15.1. The number of amides is 1. The van der Waals surface area contributed by atoms with Crippen molar-refractivity contribution in [3.8, 4) is 5.75 Å². The molecule has 24 heavy (non-hydrogen) atoms. The minimum Gasteiger partial charge on any atom is -0.497 e. The minimum atomic E-state index is -0.0311. The van der Waals surface area contributed by atoms with Gasteiger partial charge in [-0.05, 0) is 29.8 Å². The van der Waals surface area contributed by atoms with E-state index >= 15 is 0 Å². The third kappa shape index (κ3) is 2.70. The average molecular weight is 358 g/mol. The van der Waals surface area contributed by atoms with E-state index in [0.717, 1.165) is 28.5 Å². The van der Waals surface area contributed by atoms with Crippen LogP contribution in [0.3, 0.4) is 0 Å². The number of thioether (sulfide) groups is 2. The molecule has 2 aromatic carbocycles. The van der Waals surface area contributed by atoms with Crippen LogP contribution in [0, 0.1) is 0 Å². The standard InChI is InChI=1S/C19H19NO2S2/c1-22-15-9-7-14(8-10-15)20-17(19-23-11-12-24-19)16(18(20)21)13-5-3-2-4-6-13/h2-10,16-17,19H,11-12H2,1H3/t16-,17-/m1/s1. The Hall–Kier alpha value is -1.59. The molecule has 0 aromatic heterocycles. The largest absolute Gasteiger partial charge is 0.497 e. The molecule has 124 valence electrons. The molecule has 2 aliphatic rings. The fourth-order valence-electron chi connectivity index (χ4n) is 3.40. The minimum absolute atomic E-state index is 0.0311. The summed E-state index contributed by atoms with van der Waals surface area (Å²) in [5, 5.41) is 0. The van der Waals surface area contributed by atoms with Crippen LogP contribution in [-0.4, -0.2) is 35.1 Å². The molecule has 0 N–H and O–H groups in total. The van der Waals surface area contributed by atoms with E-state index in [9.17, 15) is 4.79 Å². The molecule has 2 atom stereocenters. The van der Waals surface area contributed by atoms with Gasteiger partial charge in [0.1, 0.15) is 5.75 Å². The number of β-lactam (4-membered cyclic amide) rings is 1. The number of hydrogen-bond donors (Lipinski definition) is 0. The van der Waals surface area contributed by atoms with Crippen LogP contribution in [-0.2, 0) is 4.79 Å². The maximum atomic E-state index is 13.0. The first-order valence-electron chi connectivity index (χ1n) is 8.05. The number of hydrogen-bond acceptors (Lipinski definition) is 4. The highest BCUT2D eigenvalue weighted by Crippen LogP contribution is 2.49. The van der Waals surface area contributed by atoms with Crippen LogP contribution in [0.1, 0.15) is 11.5 Å². The molecule has 4 rings (SSSR count). The van der Waals surface area contributed by atoms with Crippen molar-refractivity contribution in [2.45, 2.75) is 16.5 Å². The van der Waals surface area contributed by atoms with E-state index in [-0.39, 0.29) is 17.9 Å². The zero-order valence-electron chi connectivity index (χ0n) is 13.4. The van der Waals surface area contributed by atoms with Crippen LogP contribution in [0.5, 0.6) is 5.75 Å². The Morgan fingerprint density at radius 3 is 2.29 bits per heavy atom. The molecule has 0 spiro atoms. The lowest BCUT2D eigenvalue weighted by Crippen LogP contribution is -2.63. The van der Waals surface area contributed by atoms with E-state index in [2.05, 4.69) is 12.1 Å². The van der Waals surface area contributed by atoms with Gasteiger partial charge in [-0.3, -0.25) is 4.79 Å². The first-order chi connectivity index (χ1) is 11.8. The van der Waals surface area contributed by atoms with Crippen molar-refractivity contribution in [2.75, 3.05) is 23.5 Å². The fraction of sp³-hybridized carbons (Fsp3) is 0.316. The van der Waals surface area contributed by atoms with Gasteiger partial charge in [0.15, 0.2) is 0 Å². The third-order valence-electron chi connectivity index (χ3n) is 4.58. The topological polar surface area (TPSA) is 29.5 Å². The molecule has 2 saturated heterocycles. The normalized spacial score (nSPS) is 24.0. The predicted octanol–water partition coefficient (Wildman–Crippen LogP) is 4.00. The van der Waals surface area contributed by atoms with Crippen LogP contribution in [0.25, 0.3) is 0 Å². The van der Waals surface area contributed by atoms with Crippen LogP contribution < -0.4 is 9.64 Å². The molecule has 0 bridgehead atoms. The second-order valence-corrected chi connectivity index (χ2v) is 8.69. The molecule has 2 aliphatic heterocycles. The highest BCUT2D eigenvalue weighted by Gasteiger charge is 2.53. The molecule has 0 saturated carbocycles. The number of benzene rings is 2. The number of carbonyl (C=O) groups is 1. The Morgan fingerprint density at radius 1 is 1.00 bits per heavy atom. The van der Waals surface area contributed by atoms with Gasteiger partial charge in [0.25, 0.3) is 0 Å². The second-order valence-electron chi connectivity index (χ2n) is 5.90. The molecule has 3 nitrogen and oxygen atoms in total. The summed E-state index contributed by atoms with van der Waals surface area (Å²) in [6, 6.07) is 18.2. The second kappa shape index (κ2) is 6.73. The number of rotatable bonds is 4. The van der Waals surface area contributed by atoms with E-state index in [0.29, 0.717) is 4.58 Å². The Kier molecular flexibility index (Phi) is 4.46. The van der Waals surface area contributed by atoms with E-state index in [1.807, 2.05) is 70.9 Å². The van der Waals surface area contributed by atoms with Gasteiger partial charge >= 0.3 is 0 Å². The molecular formula is C19H19NO2S2. The van der Waals surface area contributed by atoms with Gasteiger partial charge in [-0.15, -0.1) is 23.5 Å². The molecule has 2 heterocycles. The Labute approximate surface area is 150 Å². The van der Waals surface area contributed by atoms with Gasteiger partial charge in [0.2, 0.25) is 5.91 Å². The van der Waals surface area contributed by atoms with Crippen LogP contribution >= 0.6 is 23.5 Å². The summed E-state index contributed by atoms with van der Waals surface area (Å²) in [5.41, 5.74) is 2.09. The van der Waals surface area contributed by atoms with Crippen molar-refractivity contribution < 1.29 is 9.53 Å². The average Bonchev–Trinajstić information content (AvgIpc) is 3.15. The van der Waals surface area contributed by atoms with Crippen molar-refractivity contribution in [2.24, 2.45) is 0 Å². The monoisotopic (exact) mass is 357 g/mol. The highest BCUT2D eigenvalue weighted by atomic mass is 32.2. The molecule has 1 amide bonds. The lowest BCUT2D eigenvalue weighted by Gasteiger charge is -2.49. The summed E-state index contributed by atoms with van der Waals surface area (Å²) in [6.45, 7) is 0. The molecule has 2 fully saturated rings.